The minimum atomic E-state index is 0.292. The molecule has 2 rings (SSSR count). The third-order valence-corrected chi connectivity index (χ3v) is 4.32. The Kier molecular flexibility index (Phi) is 4.84. The SMILES string of the molecule is CCn1nc(C)c(C(C)N[C@H](C)c2ccccc2C)c1C. The summed E-state index contributed by atoms with van der Waals surface area (Å²) in [5.74, 6) is 0. The number of hydrogen-bond donors (Lipinski definition) is 1. The van der Waals surface area contributed by atoms with Gasteiger partial charge in [-0.1, -0.05) is 24.3 Å². The zero-order chi connectivity index (χ0) is 15.6. The highest BCUT2D eigenvalue weighted by Gasteiger charge is 2.19. The topological polar surface area (TPSA) is 29.9 Å². The molecule has 0 aliphatic rings. The van der Waals surface area contributed by atoms with Crippen LogP contribution in [0.15, 0.2) is 24.3 Å². The van der Waals surface area contributed by atoms with Crippen LogP contribution in [-0.4, -0.2) is 9.78 Å². The Balaban J connectivity index is 2.20. The molecule has 2 atom stereocenters. The fourth-order valence-corrected chi connectivity index (χ4v) is 3.27. The number of aryl methyl sites for hydroxylation is 3. The summed E-state index contributed by atoms with van der Waals surface area (Å²) < 4.78 is 2.08. The third kappa shape index (κ3) is 3.18. The van der Waals surface area contributed by atoms with Crippen molar-refractivity contribution in [2.24, 2.45) is 0 Å². The van der Waals surface area contributed by atoms with Crippen LogP contribution in [0.1, 0.15) is 60.9 Å². The summed E-state index contributed by atoms with van der Waals surface area (Å²) in [6.07, 6.45) is 0. The van der Waals surface area contributed by atoms with E-state index in [1.807, 2.05) is 0 Å². The van der Waals surface area contributed by atoms with Crippen LogP contribution in [0, 0.1) is 20.8 Å². The number of nitrogens with zero attached hydrogens (tertiary/aromatic N) is 2. The van der Waals surface area contributed by atoms with Crippen molar-refractivity contribution in [3.05, 3.63) is 52.3 Å². The molecule has 3 heteroatoms. The van der Waals surface area contributed by atoms with Gasteiger partial charge in [-0.15, -0.1) is 0 Å². The molecule has 21 heavy (non-hydrogen) atoms. The van der Waals surface area contributed by atoms with Gasteiger partial charge in [-0.05, 0) is 52.7 Å². The van der Waals surface area contributed by atoms with Crippen molar-refractivity contribution in [1.82, 2.24) is 15.1 Å². The maximum absolute atomic E-state index is 4.62. The molecule has 0 saturated heterocycles. The summed E-state index contributed by atoms with van der Waals surface area (Å²) in [6, 6.07) is 9.19. The second-order valence-electron chi connectivity index (χ2n) is 5.87. The average Bonchev–Trinajstić information content (AvgIpc) is 2.73. The Morgan fingerprint density at radius 1 is 1.10 bits per heavy atom. The van der Waals surface area contributed by atoms with Gasteiger partial charge in [0.2, 0.25) is 0 Å². The number of benzene rings is 1. The van der Waals surface area contributed by atoms with Crippen molar-refractivity contribution in [2.75, 3.05) is 0 Å². The fourth-order valence-electron chi connectivity index (χ4n) is 3.27. The normalized spacial score (nSPS) is 14.2. The van der Waals surface area contributed by atoms with E-state index in [1.54, 1.807) is 0 Å². The van der Waals surface area contributed by atoms with E-state index in [0.717, 1.165) is 12.2 Å². The van der Waals surface area contributed by atoms with E-state index in [9.17, 15) is 0 Å². The standard InChI is InChI=1S/C18H27N3/c1-7-21-16(6)18(15(5)20-21)14(4)19-13(3)17-11-9-8-10-12(17)2/h8-11,13-14,19H,7H2,1-6H3/t13-,14?/m1/s1. The Morgan fingerprint density at radius 2 is 1.76 bits per heavy atom. The van der Waals surface area contributed by atoms with E-state index in [-0.39, 0.29) is 0 Å². The van der Waals surface area contributed by atoms with E-state index < -0.39 is 0 Å². The first kappa shape index (κ1) is 15.8. The zero-order valence-corrected chi connectivity index (χ0v) is 14.1. The van der Waals surface area contributed by atoms with Gasteiger partial charge in [-0.3, -0.25) is 4.68 Å². The first-order valence-corrected chi connectivity index (χ1v) is 7.81. The van der Waals surface area contributed by atoms with Crippen LogP contribution in [-0.2, 0) is 6.54 Å². The lowest BCUT2D eigenvalue weighted by atomic mass is 10.00. The molecule has 1 N–H and O–H groups in total. The van der Waals surface area contributed by atoms with Crippen molar-refractivity contribution < 1.29 is 0 Å². The lowest BCUT2D eigenvalue weighted by molar-refractivity contribution is 0.489. The fraction of sp³-hybridized carbons (Fsp3) is 0.500. The number of hydrogen-bond acceptors (Lipinski definition) is 2. The lowest BCUT2D eigenvalue weighted by Gasteiger charge is -2.22. The van der Waals surface area contributed by atoms with Crippen molar-refractivity contribution in [2.45, 2.75) is 60.2 Å². The van der Waals surface area contributed by atoms with Crippen LogP contribution in [0.25, 0.3) is 0 Å². The maximum atomic E-state index is 4.62. The lowest BCUT2D eigenvalue weighted by Crippen LogP contribution is -2.24. The van der Waals surface area contributed by atoms with Gasteiger partial charge in [0.15, 0.2) is 0 Å². The van der Waals surface area contributed by atoms with Crippen molar-refractivity contribution in [3.8, 4) is 0 Å². The van der Waals surface area contributed by atoms with Crippen LogP contribution in [0.5, 0.6) is 0 Å². The molecule has 0 radical (unpaired) electrons. The average molecular weight is 285 g/mol. The number of rotatable bonds is 5. The van der Waals surface area contributed by atoms with Gasteiger partial charge >= 0.3 is 0 Å². The van der Waals surface area contributed by atoms with Crippen LogP contribution in [0.2, 0.25) is 0 Å². The summed E-state index contributed by atoms with van der Waals surface area (Å²) in [5, 5.41) is 8.34. The highest BCUT2D eigenvalue weighted by Crippen LogP contribution is 2.25. The molecular formula is C18H27N3. The van der Waals surface area contributed by atoms with Crippen molar-refractivity contribution >= 4 is 0 Å². The smallest absolute Gasteiger partial charge is 0.0644 e. The Labute approximate surface area is 128 Å². The molecule has 0 aliphatic carbocycles. The van der Waals surface area contributed by atoms with Crippen LogP contribution < -0.4 is 5.32 Å². The molecule has 1 aromatic carbocycles. The predicted octanol–water partition coefficient (Wildman–Crippen LogP) is 4.24. The summed E-state index contributed by atoms with van der Waals surface area (Å²) in [5.41, 5.74) is 6.43. The number of aromatic nitrogens is 2. The van der Waals surface area contributed by atoms with Crippen molar-refractivity contribution in [1.29, 1.82) is 0 Å². The summed E-state index contributed by atoms with van der Waals surface area (Å²) in [4.78, 5) is 0. The summed E-state index contributed by atoms with van der Waals surface area (Å²) in [7, 11) is 0. The quantitative estimate of drug-likeness (QED) is 0.890. The van der Waals surface area contributed by atoms with Crippen LogP contribution in [0.3, 0.4) is 0 Å². The molecule has 0 aliphatic heterocycles. The first-order chi connectivity index (χ1) is 9.95. The second kappa shape index (κ2) is 6.44. The largest absolute Gasteiger partial charge is 0.304 e. The second-order valence-corrected chi connectivity index (χ2v) is 5.87. The Bertz CT molecular complexity index is 613. The molecule has 3 nitrogen and oxygen atoms in total. The molecule has 114 valence electrons. The molecule has 2 aromatic rings. The molecule has 1 heterocycles. The third-order valence-electron chi connectivity index (χ3n) is 4.32. The summed E-state index contributed by atoms with van der Waals surface area (Å²) in [6.45, 7) is 14.0. The van der Waals surface area contributed by atoms with Crippen LogP contribution in [0.4, 0.5) is 0 Å². The van der Waals surface area contributed by atoms with Crippen LogP contribution >= 0.6 is 0 Å². The van der Waals surface area contributed by atoms with Gasteiger partial charge in [0.05, 0.1) is 5.69 Å². The molecule has 0 saturated carbocycles. The molecule has 0 fully saturated rings. The highest BCUT2D eigenvalue weighted by molar-refractivity contribution is 5.31. The van der Waals surface area contributed by atoms with E-state index in [4.69, 9.17) is 0 Å². The minimum absolute atomic E-state index is 0.292. The summed E-state index contributed by atoms with van der Waals surface area (Å²) >= 11 is 0. The monoisotopic (exact) mass is 285 g/mol. The predicted molar refractivity (Wildman–Crippen MR) is 88.5 cm³/mol. The Hall–Kier alpha value is -1.61. The molecule has 1 aromatic heterocycles. The molecular weight excluding hydrogens is 258 g/mol. The van der Waals surface area contributed by atoms with Gasteiger partial charge in [-0.2, -0.15) is 5.10 Å². The van der Waals surface area contributed by atoms with E-state index >= 15 is 0 Å². The molecule has 0 bridgehead atoms. The highest BCUT2D eigenvalue weighted by atomic mass is 15.3. The van der Waals surface area contributed by atoms with Gasteiger partial charge in [-0.25, -0.2) is 0 Å². The minimum Gasteiger partial charge on any atom is -0.304 e. The van der Waals surface area contributed by atoms with Crippen molar-refractivity contribution in [3.63, 3.8) is 0 Å². The van der Waals surface area contributed by atoms with Gasteiger partial charge in [0.1, 0.15) is 0 Å². The van der Waals surface area contributed by atoms with Gasteiger partial charge < -0.3 is 5.32 Å². The number of nitrogens with one attached hydrogen (secondary N) is 1. The van der Waals surface area contributed by atoms with Gasteiger partial charge in [0.25, 0.3) is 0 Å². The van der Waals surface area contributed by atoms with E-state index in [1.165, 1.54) is 22.4 Å². The Morgan fingerprint density at radius 3 is 2.33 bits per heavy atom. The van der Waals surface area contributed by atoms with E-state index in [0.29, 0.717) is 12.1 Å². The molecule has 0 spiro atoms. The first-order valence-electron chi connectivity index (χ1n) is 7.81. The zero-order valence-electron chi connectivity index (χ0n) is 14.1. The van der Waals surface area contributed by atoms with E-state index in [2.05, 4.69) is 80.9 Å². The molecule has 0 amide bonds. The maximum Gasteiger partial charge on any atom is 0.0644 e. The molecule has 1 unspecified atom stereocenters. The van der Waals surface area contributed by atoms with Gasteiger partial charge in [0, 0.05) is 29.9 Å².